The molecule has 0 radical (unpaired) electrons. The molecule has 0 spiro atoms. The Labute approximate surface area is 123 Å². The molecule has 2 aliphatic carbocycles. The lowest BCUT2D eigenvalue weighted by Gasteiger charge is -2.40. The van der Waals surface area contributed by atoms with Crippen molar-refractivity contribution in [2.75, 3.05) is 0 Å². The Bertz CT molecular complexity index is 740. The lowest BCUT2D eigenvalue weighted by Crippen LogP contribution is -2.35. The van der Waals surface area contributed by atoms with Crippen LogP contribution in [0.4, 0.5) is 4.39 Å². The van der Waals surface area contributed by atoms with Crippen LogP contribution >= 0.6 is 0 Å². The van der Waals surface area contributed by atoms with E-state index in [0.717, 1.165) is 31.1 Å². The van der Waals surface area contributed by atoms with Gasteiger partial charge < -0.3 is 10.2 Å². The van der Waals surface area contributed by atoms with Crippen LogP contribution in [0.2, 0.25) is 0 Å². The number of phenolic OH excluding ortho intramolecular Hbond substituents is 1. The fourth-order valence-corrected chi connectivity index (χ4v) is 4.50. The molecule has 110 valence electrons. The Kier molecular flexibility index (Phi) is 2.62. The van der Waals surface area contributed by atoms with Gasteiger partial charge in [-0.2, -0.15) is 0 Å². The summed E-state index contributed by atoms with van der Waals surface area (Å²) in [6.45, 7) is 2.18. The monoisotopic (exact) mass is 286 g/mol. The zero-order valence-electron chi connectivity index (χ0n) is 12.1. The van der Waals surface area contributed by atoms with Crippen molar-refractivity contribution < 1.29 is 14.6 Å². The minimum absolute atomic E-state index is 0.0455. The summed E-state index contributed by atoms with van der Waals surface area (Å²) >= 11 is 0. The SMILES string of the molecule is C[C@]12CCc3c(ccc4c(F)c(O)ccc34)[C@@H]1CC[C@@H]2O. The third-order valence-corrected chi connectivity index (χ3v) is 5.84. The predicted octanol–water partition coefficient (Wildman–Crippen LogP) is 3.88. The molecule has 2 nitrogen and oxygen atoms in total. The lowest BCUT2D eigenvalue weighted by atomic mass is 9.65. The molecule has 0 aliphatic heterocycles. The van der Waals surface area contributed by atoms with E-state index in [-0.39, 0.29) is 17.3 Å². The molecule has 0 amide bonds. The molecule has 1 saturated carbocycles. The molecule has 3 atom stereocenters. The summed E-state index contributed by atoms with van der Waals surface area (Å²) in [7, 11) is 0. The van der Waals surface area contributed by atoms with Gasteiger partial charge in [-0.3, -0.25) is 0 Å². The molecule has 0 aromatic heterocycles. The highest BCUT2D eigenvalue weighted by Crippen LogP contribution is 2.56. The van der Waals surface area contributed by atoms with Gasteiger partial charge in [0.2, 0.25) is 0 Å². The summed E-state index contributed by atoms with van der Waals surface area (Å²) in [5.41, 5.74) is 2.41. The average molecular weight is 286 g/mol. The van der Waals surface area contributed by atoms with E-state index in [1.807, 2.05) is 12.1 Å². The molecule has 0 heterocycles. The molecule has 0 bridgehead atoms. The zero-order chi connectivity index (χ0) is 14.8. The largest absolute Gasteiger partial charge is 0.505 e. The normalized spacial score (nSPS) is 31.2. The number of aliphatic hydroxyl groups is 1. The minimum Gasteiger partial charge on any atom is -0.505 e. The lowest BCUT2D eigenvalue weighted by molar-refractivity contribution is 0.0459. The van der Waals surface area contributed by atoms with E-state index < -0.39 is 5.82 Å². The van der Waals surface area contributed by atoms with Crippen LogP contribution in [0.5, 0.6) is 5.75 Å². The van der Waals surface area contributed by atoms with Crippen LogP contribution in [0.1, 0.15) is 43.2 Å². The summed E-state index contributed by atoms with van der Waals surface area (Å²) < 4.78 is 14.1. The first kappa shape index (κ1) is 13.1. The van der Waals surface area contributed by atoms with Crippen LogP contribution in [-0.4, -0.2) is 16.3 Å². The molecule has 2 aromatic carbocycles. The third-order valence-electron chi connectivity index (χ3n) is 5.84. The molecule has 2 aromatic rings. The van der Waals surface area contributed by atoms with E-state index in [4.69, 9.17) is 0 Å². The van der Waals surface area contributed by atoms with Crippen LogP contribution in [0.3, 0.4) is 0 Å². The van der Waals surface area contributed by atoms with Crippen molar-refractivity contribution in [2.24, 2.45) is 5.41 Å². The Hall–Kier alpha value is -1.61. The molecule has 2 N–H and O–H groups in total. The van der Waals surface area contributed by atoms with Crippen molar-refractivity contribution in [3.63, 3.8) is 0 Å². The maximum absolute atomic E-state index is 14.1. The number of hydrogen-bond acceptors (Lipinski definition) is 2. The predicted molar refractivity (Wildman–Crippen MR) is 80.0 cm³/mol. The highest BCUT2D eigenvalue weighted by molar-refractivity contribution is 5.89. The van der Waals surface area contributed by atoms with Gasteiger partial charge in [-0.25, -0.2) is 4.39 Å². The number of rotatable bonds is 0. The first-order chi connectivity index (χ1) is 10.0. The maximum Gasteiger partial charge on any atom is 0.172 e. The quantitative estimate of drug-likeness (QED) is 0.771. The molecule has 0 unspecified atom stereocenters. The van der Waals surface area contributed by atoms with Crippen molar-refractivity contribution >= 4 is 10.8 Å². The molecule has 1 fully saturated rings. The average Bonchev–Trinajstić information content (AvgIpc) is 2.78. The molecule has 4 rings (SSSR count). The van der Waals surface area contributed by atoms with Crippen LogP contribution in [0, 0.1) is 11.2 Å². The second-order valence-electron chi connectivity index (χ2n) is 6.78. The van der Waals surface area contributed by atoms with Gasteiger partial charge in [-0.1, -0.05) is 25.1 Å². The fourth-order valence-electron chi connectivity index (χ4n) is 4.50. The smallest absolute Gasteiger partial charge is 0.172 e. The summed E-state index contributed by atoms with van der Waals surface area (Å²) in [6, 6.07) is 7.04. The summed E-state index contributed by atoms with van der Waals surface area (Å²) in [5, 5.41) is 21.3. The van der Waals surface area contributed by atoms with Crippen LogP contribution in [0.25, 0.3) is 10.8 Å². The maximum atomic E-state index is 14.1. The van der Waals surface area contributed by atoms with E-state index in [1.54, 1.807) is 6.07 Å². The van der Waals surface area contributed by atoms with Crippen LogP contribution < -0.4 is 0 Å². The molecule has 2 aliphatic rings. The van der Waals surface area contributed by atoms with E-state index in [9.17, 15) is 14.6 Å². The van der Waals surface area contributed by atoms with Gasteiger partial charge in [0.05, 0.1) is 6.10 Å². The summed E-state index contributed by atoms with van der Waals surface area (Å²) in [4.78, 5) is 0. The van der Waals surface area contributed by atoms with Crippen molar-refractivity contribution in [2.45, 2.75) is 44.6 Å². The number of phenols is 1. The molecule has 0 saturated heterocycles. The number of benzene rings is 2. The van der Waals surface area contributed by atoms with Gasteiger partial charge in [0, 0.05) is 10.8 Å². The van der Waals surface area contributed by atoms with Gasteiger partial charge in [-0.15, -0.1) is 0 Å². The molecular formula is C18H19FO2. The van der Waals surface area contributed by atoms with E-state index in [1.165, 1.54) is 17.2 Å². The topological polar surface area (TPSA) is 40.5 Å². The Morgan fingerprint density at radius 2 is 1.90 bits per heavy atom. The Balaban J connectivity index is 1.95. The van der Waals surface area contributed by atoms with Crippen molar-refractivity contribution in [3.8, 4) is 5.75 Å². The number of aromatic hydroxyl groups is 1. The second-order valence-corrected chi connectivity index (χ2v) is 6.78. The number of fused-ring (bicyclic) bond motifs is 5. The van der Waals surface area contributed by atoms with Crippen LogP contribution in [0.15, 0.2) is 24.3 Å². The second kappa shape index (κ2) is 4.20. The number of halogens is 1. The first-order valence-electron chi connectivity index (χ1n) is 7.63. The number of hydrogen-bond donors (Lipinski definition) is 2. The van der Waals surface area contributed by atoms with Crippen LogP contribution in [-0.2, 0) is 6.42 Å². The Morgan fingerprint density at radius 3 is 2.71 bits per heavy atom. The van der Waals surface area contributed by atoms with Gasteiger partial charge in [-0.05, 0) is 54.2 Å². The van der Waals surface area contributed by atoms with E-state index >= 15 is 0 Å². The first-order valence-corrected chi connectivity index (χ1v) is 7.63. The fraction of sp³-hybridized carbons (Fsp3) is 0.444. The van der Waals surface area contributed by atoms with Gasteiger partial charge in [0.15, 0.2) is 11.6 Å². The highest BCUT2D eigenvalue weighted by atomic mass is 19.1. The summed E-state index contributed by atoms with van der Waals surface area (Å²) in [5.74, 6) is -0.466. The van der Waals surface area contributed by atoms with Crippen molar-refractivity contribution in [3.05, 3.63) is 41.2 Å². The molecule has 3 heteroatoms. The van der Waals surface area contributed by atoms with E-state index in [0.29, 0.717) is 11.3 Å². The van der Waals surface area contributed by atoms with Gasteiger partial charge in [0.1, 0.15) is 0 Å². The van der Waals surface area contributed by atoms with Gasteiger partial charge in [0.25, 0.3) is 0 Å². The number of aliphatic hydroxyl groups excluding tert-OH is 1. The summed E-state index contributed by atoms with van der Waals surface area (Å²) in [6.07, 6.45) is 3.41. The molecular weight excluding hydrogens is 267 g/mol. The highest BCUT2D eigenvalue weighted by Gasteiger charge is 2.49. The zero-order valence-corrected chi connectivity index (χ0v) is 12.1. The minimum atomic E-state index is -0.532. The van der Waals surface area contributed by atoms with E-state index in [2.05, 4.69) is 6.92 Å². The third kappa shape index (κ3) is 1.61. The number of aryl methyl sites for hydroxylation is 1. The molecule has 21 heavy (non-hydrogen) atoms. The standard InChI is InChI=1S/C18H19FO2/c1-18-9-8-11-10-4-6-15(20)17(19)13(10)3-2-12(11)14(18)5-7-16(18)21/h2-4,6,14,16,20-21H,5,7-9H2,1H3/t14-,16-,18-/m0/s1. The Morgan fingerprint density at radius 1 is 1.14 bits per heavy atom. The van der Waals surface area contributed by atoms with Crippen molar-refractivity contribution in [1.82, 2.24) is 0 Å². The van der Waals surface area contributed by atoms with Crippen molar-refractivity contribution in [1.29, 1.82) is 0 Å². The van der Waals surface area contributed by atoms with Gasteiger partial charge >= 0.3 is 0 Å².